The molecule has 0 radical (unpaired) electrons. The summed E-state index contributed by atoms with van der Waals surface area (Å²) in [6.45, 7) is 1.82. The second kappa shape index (κ2) is 6.44. The van der Waals surface area contributed by atoms with Crippen molar-refractivity contribution in [2.24, 2.45) is 4.99 Å². The Labute approximate surface area is 141 Å². The minimum atomic E-state index is -0.445. The van der Waals surface area contributed by atoms with E-state index < -0.39 is 5.91 Å². The summed E-state index contributed by atoms with van der Waals surface area (Å²) in [5.41, 5.74) is 0.399. The van der Waals surface area contributed by atoms with Crippen molar-refractivity contribution in [2.45, 2.75) is 6.92 Å². The minimum absolute atomic E-state index is 0.240. The maximum absolute atomic E-state index is 12.1. The maximum Gasteiger partial charge on any atom is 0.279 e. The molecule has 2 aromatic rings. The minimum Gasteiger partial charge on any atom is -0.462 e. The topological polar surface area (TPSA) is 71.7 Å². The monoisotopic (exact) mass is 346 g/mol. The summed E-state index contributed by atoms with van der Waals surface area (Å²) in [6.07, 6.45) is 1.61. The van der Waals surface area contributed by atoms with Crippen molar-refractivity contribution in [3.8, 4) is 0 Å². The zero-order valence-electron chi connectivity index (χ0n) is 12.0. The average molecular weight is 347 g/mol. The van der Waals surface area contributed by atoms with Gasteiger partial charge in [-0.05, 0) is 55.1 Å². The normalized spacial score (nSPS) is 17.7. The van der Waals surface area contributed by atoms with Gasteiger partial charge in [-0.2, -0.15) is 4.99 Å². The van der Waals surface area contributed by atoms with Gasteiger partial charge in [0.1, 0.15) is 11.5 Å². The molecule has 2 heterocycles. The van der Waals surface area contributed by atoms with Gasteiger partial charge in [-0.3, -0.25) is 9.59 Å². The fraction of sp³-hybridized carbons (Fsp3) is 0.0625. The summed E-state index contributed by atoms with van der Waals surface area (Å²) in [5.74, 6) is 0.573. The molecule has 0 saturated carbocycles. The number of rotatable bonds is 2. The van der Waals surface area contributed by atoms with Crippen LogP contribution in [0.3, 0.4) is 0 Å². The fourth-order valence-electron chi connectivity index (χ4n) is 1.89. The van der Waals surface area contributed by atoms with Crippen molar-refractivity contribution >= 4 is 46.4 Å². The van der Waals surface area contributed by atoms with Gasteiger partial charge in [0, 0.05) is 16.7 Å². The van der Waals surface area contributed by atoms with Gasteiger partial charge in [-0.15, -0.1) is 0 Å². The summed E-state index contributed by atoms with van der Waals surface area (Å²) < 4.78 is 5.40. The molecule has 1 aromatic heterocycles. The Morgan fingerprint density at radius 3 is 2.65 bits per heavy atom. The number of nitrogens with zero attached hydrogens (tertiary/aromatic N) is 1. The second-order valence-corrected chi connectivity index (χ2v) is 6.21. The highest BCUT2D eigenvalue weighted by Gasteiger charge is 2.25. The highest BCUT2D eigenvalue weighted by Crippen LogP contribution is 2.26. The Hall–Kier alpha value is -2.31. The highest BCUT2D eigenvalue weighted by atomic mass is 35.5. The SMILES string of the molecule is Cc1ccc(/C=C2\SC(=NC(=O)c3ccc(Cl)cc3)NC2=O)o1. The van der Waals surface area contributed by atoms with Crippen LogP contribution in [0.5, 0.6) is 0 Å². The molecule has 0 unspecified atom stereocenters. The Bertz CT molecular complexity index is 837. The van der Waals surface area contributed by atoms with E-state index in [4.69, 9.17) is 16.0 Å². The number of amidine groups is 1. The number of aryl methyl sites for hydroxylation is 1. The third kappa shape index (κ3) is 3.72. The van der Waals surface area contributed by atoms with Crippen LogP contribution in [0.2, 0.25) is 5.02 Å². The van der Waals surface area contributed by atoms with Gasteiger partial charge in [-0.1, -0.05) is 11.6 Å². The molecule has 1 fully saturated rings. The van der Waals surface area contributed by atoms with Crippen LogP contribution in [-0.4, -0.2) is 17.0 Å². The Morgan fingerprint density at radius 2 is 2.00 bits per heavy atom. The van der Waals surface area contributed by atoms with Crippen LogP contribution < -0.4 is 5.32 Å². The van der Waals surface area contributed by atoms with Crippen molar-refractivity contribution in [3.63, 3.8) is 0 Å². The molecule has 1 N–H and O–H groups in total. The number of amides is 2. The fourth-order valence-corrected chi connectivity index (χ4v) is 2.82. The zero-order valence-corrected chi connectivity index (χ0v) is 13.6. The van der Waals surface area contributed by atoms with E-state index >= 15 is 0 Å². The molecule has 1 aromatic carbocycles. The van der Waals surface area contributed by atoms with Crippen LogP contribution in [0.4, 0.5) is 0 Å². The smallest absolute Gasteiger partial charge is 0.279 e. The first-order valence-electron chi connectivity index (χ1n) is 6.67. The molecule has 3 rings (SSSR count). The molecule has 23 heavy (non-hydrogen) atoms. The molecule has 0 aliphatic carbocycles. The van der Waals surface area contributed by atoms with E-state index in [0.29, 0.717) is 21.3 Å². The van der Waals surface area contributed by atoms with Gasteiger partial charge >= 0.3 is 0 Å². The molecular weight excluding hydrogens is 336 g/mol. The largest absolute Gasteiger partial charge is 0.462 e. The van der Waals surface area contributed by atoms with Gasteiger partial charge in [0.2, 0.25) is 0 Å². The Kier molecular flexibility index (Phi) is 4.36. The van der Waals surface area contributed by atoms with Crippen molar-refractivity contribution in [1.82, 2.24) is 5.32 Å². The molecule has 7 heteroatoms. The van der Waals surface area contributed by atoms with Crippen LogP contribution >= 0.6 is 23.4 Å². The lowest BCUT2D eigenvalue weighted by atomic mass is 10.2. The van der Waals surface area contributed by atoms with Crippen LogP contribution in [0.25, 0.3) is 6.08 Å². The van der Waals surface area contributed by atoms with E-state index in [2.05, 4.69) is 10.3 Å². The molecule has 5 nitrogen and oxygen atoms in total. The first-order valence-corrected chi connectivity index (χ1v) is 7.86. The predicted molar refractivity (Wildman–Crippen MR) is 90.4 cm³/mol. The van der Waals surface area contributed by atoms with Crippen LogP contribution in [0, 0.1) is 6.92 Å². The molecule has 0 atom stereocenters. The number of halogens is 1. The van der Waals surface area contributed by atoms with E-state index in [-0.39, 0.29) is 11.1 Å². The molecular formula is C16H11ClN2O3S. The molecule has 1 saturated heterocycles. The lowest BCUT2D eigenvalue weighted by molar-refractivity contribution is -0.115. The number of furan rings is 1. The van der Waals surface area contributed by atoms with Crippen LogP contribution in [-0.2, 0) is 4.79 Å². The standard InChI is InChI=1S/C16H11ClN2O3S/c1-9-2-7-12(22-9)8-13-15(21)19-16(23-13)18-14(20)10-3-5-11(17)6-4-10/h2-8H,1H3,(H,18,19,20,21)/b13-8-. The number of hydrogen-bond acceptors (Lipinski definition) is 4. The predicted octanol–water partition coefficient (Wildman–Crippen LogP) is 3.64. The molecule has 2 amide bonds. The second-order valence-electron chi connectivity index (χ2n) is 4.74. The van der Waals surface area contributed by atoms with E-state index in [1.807, 2.05) is 13.0 Å². The van der Waals surface area contributed by atoms with E-state index in [1.165, 1.54) is 0 Å². The van der Waals surface area contributed by atoms with Crippen molar-refractivity contribution in [1.29, 1.82) is 0 Å². The quantitative estimate of drug-likeness (QED) is 0.843. The average Bonchev–Trinajstić information content (AvgIpc) is 3.06. The number of hydrogen-bond donors (Lipinski definition) is 1. The zero-order chi connectivity index (χ0) is 16.4. The van der Waals surface area contributed by atoms with Crippen molar-refractivity contribution in [2.75, 3.05) is 0 Å². The Morgan fingerprint density at radius 1 is 1.26 bits per heavy atom. The summed E-state index contributed by atoms with van der Waals surface area (Å²) in [6, 6.07) is 9.96. The number of thioether (sulfide) groups is 1. The van der Waals surface area contributed by atoms with Crippen molar-refractivity contribution < 1.29 is 14.0 Å². The lowest BCUT2D eigenvalue weighted by Gasteiger charge is -1.97. The number of nitrogens with one attached hydrogen (secondary N) is 1. The van der Waals surface area contributed by atoms with E-state index in [9.17, 15) is 9.59 Å². The van der Waals surface area contributed by atoms with Gasteiger partial charge in [0.25, 0.3) is 11.8 Å². The summed E-state index contributed by atoms with van der Waals surface area (Å²) in [5, 5.41) is 3.34. The maximum atomic E-state index is 12.1. The van der Waals surface area contributed by atoms with Gasteiger partial charge in [0.15, 0.2) is 5.17 Å². The van der Waals surface area contributed by atoms with E-state index in [0.717, 1.165) is 17.5 Å². The Balaban J connectivity index is 1.77. The highest BCUT2D eigenvalue weighted by molar-refractivity contribution is 8.18. The summed E-state index contributed by atoms with van der Waals surface area (Å²) in [4.78, 5) is 28.3. The van der Waals surface area contributed by atoms with Gasteiger partial charge in [0.05, 0.1) is 4.91 Å². The summed E-state index contributed by atoms with van der Waals surface area (Å²) >= 11 is 6.87. The first kappa shape index (κ1) is 15.6. The summed E-state index contributed by atoms with van der Waals surface area (Å²) in [7, 11) is 0. The van der Waals surface area contributed by atoms with Crippen LogP contribution in [0.1, 0.15) is 21.9 Å². The van der Waals surface area contributed by atoms with Gasteiger partial charge < -0.3 is 9.73 Å². The number of carbonyl (C=O) groups is 2. The molecule has 1 aliphatic heterocycles. The third-order valence-corrected chi connectivity index (χ3v) is 4.14. The number of aliphatic imine (C=N–C) groups is 1. The lowest BCUT2D eigenvalue weighted by Crippen LogP contribution is -2.20. The van der Waals surface area contributed by atoms with Crippen LogP contribution in [0.15, 0.2) is 50.7 Å². The molecule has 0 bridgehead atoms. The number of benzene rings is 1. The van der Waals surface area contributed by atoms with Gasteiger partial charge in [-0.25, -0.2) is 0 Å². The first-order chi connectivity index (χ1) is 11.0. The molecule has 1 aliphatic rings. The molecule has 0 spiro atoms. The third-order valence-electron chi connectivity index (χ3n) is 2.98. The molecule has 116 valence electrons. The van der Waals surface area contributed by atoms with Crippen molar-refractivity contribution in [3.05, 3.63) is 63.4 Å². The number of carbonyl (C=O) groups excluding carboxylic acids is 2. The van der Waals surface area contributed by atoms with E-state index in [1.54, 1.807) is 36.4 Å².